The van der Waals surface area contributed by atoms with Gasteiger partial charge in [-0.3, -0.25) is 9.69 Å². The molecule has 0 bridgehead atoms. The second kappa shape index (κ2) is 7.21. The molecule has 0 saturated carbocycles. The minimum absolute atomic E-state index is 0.101. The molecule has 1 aromatic carbocycles. The molecule has 0 aliphatic carbocycles. The van der Waals surface area contributed by atoms with Crippen LogP contribution >= 0.6 is 11.6 Å². The van der Waals surface area contributed by atoms with E-state index >= 15 is 0 Å². The van der Waals surface area contributed by atoms with Crippen LogP contribution < -0.4 is 0 Å². The van der Waals surface area contributed by atoms with Crippen molar-refractivity contribution >= 4 is 17.4 Å². The van der Waals surface area contributed by atoms with E-state index in [4.69, 9.17) is 16.3 Å². The number of piperidine rings is 1. The molecule has 0 N–H and O–H groups in total. The zero-order valence-corrected chi connectivity index (χ0v) is 12.9. The van der Waals surface area contributed by atoms with Crippen molar-refractivity contribution in [1.29, 1.82) is 0 Å². The fourth-order valence-electron chi connectivity index (χ4n) is 2.71. The molecule has 0 amide bonds. The van der Waals surface area contributed by atoms with Crippen LogP contribution in [0.3, 0.4) is 0 Å². The SMILES string of the molecule is CCOC1CCN(C(C)C(=O)c2cccc(Cl)c2)CC1. The molecule has 1 heterocycles. The highest BCUT2D eigenvalue weighted by Crippen LogP contribution is 2.19. The van der Waals surface area contributed by atoms with Gasteiger partial charge in [0, 0.05) is 30.3 Å². The van der Waals surface area contributed by atoms with Crippen LogP contribution in [0.15, 0.2) is 24.3 Å². The Morgan fingerprint density at radius 3 is 2.75 bits per heavy atom. The molecular weight excluding hydrogens is 274 g/mol. The summed E-state index contributed by atoms with van der Waals surface area (Å²) in [6.45, 7) is 6.60. The first-order chi connectivity index (χ1) is 9.61. The number of ether oxygens (including phenoxy) is 1. The summed E-state index contributed by atoms with van der Waals surface area (Å²) in [5.41, 5.74) is 0.692. The van der Waals surface area contributed by atoms with Crippen molar-refractivity contribution in [3.63, 3.8) is 0 Å². The van der Waals surface area contributed by atoms with Crippen molar-refractivity contribution in [2.24, 2.45) is 0 Å². The van der Waals surface area contributed by atoms with Crippen LogP contribution in [0.5, 0.6) is 0 Å². The second-order valence-corrected chi connectivity index (χ2v) is 5.68. The van der Waals surface area contributed by atoms with E-state index in [-0.39, 0.29) is 11.8 Å². The Bertz CT molecular complexity index is 456. The van der Waals surface area contributed by atoms with E-state index in [1.807, 2.05) is 26.0 Å². The lowest BCUT2D eigenvalue weighted by Crippen LogP contribution is -2.45. The number of hydrogen-bond donors (Lipinski definition) is 0. The molecule has 4 heteroatoms. The number of carbonyl (C=O) groups excluding carboxylic acids is 1. The van der Waals surface area contributed by atoms with Gasteiger partial charge in [-0.25, -0.2) is 0 Å². The van der Waals surface area contributed by atoms with E-state index in [2.05, 4.69) is 4.90 Å². The topological polar surface area (TPSA) is 29.5 Å². The van der Waals surface area contributed by atoms with Crippen LogP contribution in [-0.4, -0.2) is 42.5 Å². The maximum absolute atomic E-state index is 12.5. The van der Waals surface area contributed by atoms with Crippen molar-refractivity contribution in [2.45, 2.75) is 38.8 Å². The van der Waals surface area contributed by atoms with Gasteiger partial charge in [0.05, 0.1) is 12.1 Å². The summed E-state index contributed by atoms with van der Waals surface area (Å²) in [7, 11) is 0. The Labute approximate surface area is 125 Å². The van der Waals surface area contributed by atoms with Crippen molar-refractivity contribution in [1.82, 2.24) is 4.90 Å². The minimum Gasteiger partial charge on any atom is -0.378 e. The Hall–Kier alpha value is -0.900. The third-order valence-electron chi connectivity index (χ3n) is 3.92. The summed E-state index contributed by atoms with van der Waals surface area (Å²) in [4.78, 5) is 14.7. The molecule has 1 aliphatic heterocycles. The van der Waals surface area contributed by atoms with Crippen molar-refractivity contribution < 1.29 is 9.53 Å². The number of hydrogen-bond acceptors (Lipinski definition) is 3. The van der Waals surface area contributed by atoms with Crippen LogP contribution in [0.2, 0.25) is 5.02 Å². The molecule has 0 spiro atoms. The Morgan fingerprint density at radius 2 is 2.15 bits per heavy atom. The van der Waals surface area contributed by atoms with E-state index in [0.717, 1.165) is 32.5 Å². The molecule has 1 fully saturated rings. The van der Waals surface area contributed by atoms with E-state index in [1.54, 1.807) is 12.1 Å². The van der Waals surface area contributed by atoms with Crippen LogP contribution in [0.25, 0.3) is 0 Å². The van der Waals surface area contributed by atoms with Crippen molar-refractivity contribution in [2.75, 3.05) is 19.7 Å². The van der Waals surface area contributed by atoms with Gasteiger partial charge in [-0.1, -0.05) is 23.7 Å². The maximum atomic E-state index is 12.5. The van der Waals surface area contributed by atoms with Gasteiger partial charge in [-0.2, -0.15) is 0 Å². The van der Waals surface area contributed by atoms with E-state index in [9.17, 15) is 4.79 Å². The van der Waals surface area contributed by atoms with Gasteiger partial charge in [0.1, 0.15) is 0 Å². The summed E-state index contributed by atoms with van der Waals surface area (Å²) < 4.78 is 5.64. The third-order valence-corrected chi connectivity index (χ3v) is 4.15. The molecule has 20 heavy (non-hydrogen) atoms. The fraction of sp³-hybridized carbons (Fsp3) is 0.562. The van der Waals surface area contributed by atoms with Crippen LogP contribution in [0, 0.1) is 0 Å². The summed E-state index contributed by atoms with van der Waals surface area (Å²) in [6, 6.07) is 7.08. The van der Waals surface area contributed by atoms with Gasteiger partial charge >= 0.3 is 0 Å². The van der Waals surface area contributed by atoms with Crippen LogP contribution in [0.4, 0.5) is 0 Å². The number of rotatable bonds is 5. The minimum atomic E-state index is -0.101. The molecule has 0 radical (unpaired) electrons. The number of ketones is 1. The number of benzene rings is 1. The quantitative estimate of drug-likeness (QED) is 0.780. The molecule has 2 rings (SSSR count). The Kier molecular flexibility index (Phi) is 5.58. The number of likely N-dealkylation sites (tertiary alicyclic amines) is 1. The Balaban J connectivity index is 1.95. The monoisotopic (exact) mass is 295 g/mol. The number of nitrogens with zero attached hydrogens (tertiary/aromatic N) is 1. The average molecular weight is 296 g/mol. The average Bonchev–Trinajstić information content (AvgIpc) is 2.47. The molecule has 1 atom stereocenters. The first kappa shape index (κ1) is 15.5. The zero-order chi connectivity index (χ0) is 14.5. The van der Waals surface area contributed by atoms with Crippen LogP contribution in [0.1, 0.15) is 37.0 Å². The van der Waals surface area contributed by atoms with Gasteiger partial charge in [0.2, 0.25) is 0 Å². The highest BCUT2D eigenvalue weighted by Gasteiger charge is 2.27. The van der Waals surface area contributed by atoms with Gasteiger partial charge in [0.15, 0.2) is 5.78 Å². The number of halogens is 1. The van der Waals surface area contributed by atoms with Crippen molar-refractivity contribution in [3.05, 3.63) is 34.9 Å². The van der Waals surface area contributed by atoms with E-state index in [0.29, 0.717) is 16.7 Å². The normalized spacial score (nSPS) is 18.9. The second-order valence-electron chi connectivity index (χ2n) is 5.24. The fourth-order valence-corrected chi connectivity index (χ4v) is 2.90. The molecule has 0 aromatic heterocycles. The molecule has 1 aliphatic rings. The van der Waals surface area contributed by atoms with Gasteiger partial charge in [0.25, 0.3) is 0 Å². The summed E-state index contributed by atoms with van der Waals surface area (Å²) in [5, 5.41) is 0.609. The predicted molar refractivity (Wildman–Crippen MR) is 81.5 cm³/mol. The first-order valence-corrected chi connectivity index (χ1v) is 7.65. The van der Waals surface area contributed by atoms with Crippen LogP contribution in [-0.2, 0) is 4.74 Å². The highest BCUT2D eigenvalue weighted by atomic mass is 35.5. The zero-order valence-electron chi connectivity index (χ0n) is 12.1. The molecule has 1 saturated heterocycles. The summed E-state index contributed by atoms with van der Waals surface area (Å²) >= 11 is 5.95. The summed E-state index contributed by atoms with van der Waals surface area (Å²) in [6.07, 6.45) is 2.35. The molecule has 3 nitrogen and oxygen atoms in total. The molecule has 110 valence electrons. The molecular formula is C16H22ClNO2. The third kappa shape index (κ3) is 3.81. The van der Waals surface area contributed by atoms with E-state index < -0.39 is 0 Å². The smallest absolute Gasteiger partial charge is 0.179 e. The summed E-state index contributed by atoms with van der Waals surface area (Å²) in [5.74, 6) is 0.141. The first-order valence-electron chi connectivity index (χ1n) is 7.27. The van der Waals surface area contributed by atoms with Gasteiger partial charge < -0.3 is 4.74 Å². The maximum Gasteiger partial charge on any atom is 0.179 e. The lowest BCUT2D eigenvalue weighted by atomic mass is 10.0. The number of Topliss-reactive ketones (excluding diaryl/α,β-unsaturated/α-hetero) is 1. The van der Waals surface area contributed by atoms with Crippen molar-refractivity contribution in [3.8, 4) is 0 Å². The largest absolute Gasteiger partial charge is 0.378 e. The highest BCUT2D eigenvalue weighted by molar-refractivity contribution is 6.31. The predicted octanol–water partition coefficient (Wildman–Crippen LogP) is 3.41. The van der Waals surface area contributed by atoms with Gasteiger partial charge in [-0.15, -0.1) is 0 Å². The van der Waals surface area contributed by atoms with Gasteiger partial charge in [-0.05, 0) is 38.8 Å². The molecule has 1 unspecified atom stereocenters. The molecule has 1 aromatic rings. The lowest BCUT2D eigenvalue weighted by Gasteiger charge is -2.35. The van der Waals surface area contributed by atoms with E-state index in [1.165, 1.54) is 0 Å². The standard InChI is InChI=1S/C16H22ClNO2/c1-3-20-15-7-9-18(10-8-15)12(2)16(19)13-5-4-6-14(17)11-13/h4-6,11-12,15H,3,7-10H2,1-2H3. The Morgan fingerprint density at radius 1 is 1.45 bits per heavy atom. The lowest BCUT2D eigenvalue weighted by molar-refractivity contribution is 0.00677. The number of carbonyl (C=O) groups is 1.